The molecule has 17 N–H and O–H groups in total. The van der Waals surface area contributed by atoms with Gasteiger partial charge in [-0.25, -0.2) is 4.79 Å². The number of likely N-dealkylation sites (tertiary alicyclic amines) is 1. The van der Waals surface area contributed by atoms with Crippen molar-refractivity contribution in [1.82, 2.24) is 31.5 Å². The lowest BCUT2D eigenvalue weighted by Crippen LogP contribution is -2.60. The first-order valence-electron chi connectivity index (χ1n) is 17.3. The molecule has 0 aromatic heterocycles. The van der Waals surface area contributed by atoms with E-state index in [2.05, 4.69) is 31.6 Å². The zero-order valence-corrected chi connectivity index (χ0v) is 30.5. The van der Waals surface area contributed by atoms with Gasteiger partial charge >= 0.3 is 5.97 Å². The van der Waals surface area contributed by atoms with Crippen molar-refractivity contribution in [2.24, 2.45) is 33.8 Å². The number of nitrogens with zero attached hydrogens (tertiary/aromatic N) is 2. The third kappa shape index (κ3) is 15.5. The van der Waals surface area contributed by atoms with Crippen LogP contribution in [0.5, 0.6) is 0 Å². The van der Waals surface area contributed by atoms with Crippen LogP contribution in [0.3, 0.4) is 0 Å². The van der Waals surface area contributed by atoms with Crippen LogP contribution in [-0.4, -0.2) is 153 Å². The molecule has 1 heterocycles. The quantitative estimate of drug-likeness (QED) is 0.0261. The van der Waals surface area contributed by atoms with Crippen molar-refractivity contribution >= 4 is 53.3 Å². The lowest BCUT2D eigenvalue weighted by molar-refractivity contribution is -0.146. The number of hydrogen-bond acceptors (Lipinski definition) is 13. The molecular formula is C31H55N11O12. The molecule has 7 amide bonds. The van der Waals surface area contributed by atoms with E-state index in [9.17, 15) is 53.7 Å². The Bertz CT molecular complexity index is 1380. The number of aliphatic hydroxyl groups is 3. The Hall–Kier alpha value is -5.13. The minimum Gasteiger partial charge on any atom is -0.480 e. The van der Waals surface area contributed by atoms with E-state index in [4.69, 9.17) is 28.0 Å². The van der Waals surface area contributed by atoms with E-state index < -0.39 is 115 Å². The first-order valence-corrected chi connectivity index (χ1v) is 17.3. The van der Waals surface area contributed by atoms with Crippen LogP contribution in [0.4, 0.5) is 0 Å². The molecule has 0 unspecified atom stereocenters. The van der Waals surface area contributed by atoms with Crippen molar-refractivity contribution in [2.45, 2.75) is 108 Å². The number of aliphatic hydroxyl groups excluding tert-OH is 3. The van der Waals surface area contributed by atoms with E-state index in [1.807, 2.05) is 0 Å². The van der Waals surface area contributed by atoms with Gasteiger partial charge < -0.3 is 74.8 Å². The first kappa shape index (κ1) is 46.9. The molecule has 8 atom stereocenters. The zero-order chi connectivity index (χ0) is 41.3. The summed E-state index contributed by atoms with van der Waals surface area (Å²) in [4.78, 5) is 107. The zero-order valence-electron chi connectivity index (χ0n) is 30.5. The Morgan fingerprint density at radius 2 is 1.37 bits per heavy atom. The van der Waals surface area contributed by atoms with Crippen LogP contribution in [0.2, 0.25) is 0 Å². The summed E-state index contributed by atoms with van der Waals surface area (Å²) in [5, 5.41) is 50.2. The van der Waals surface area contributed by atoms with Crippen LogP contribution < -0.4 is 49.5 Å². The number of carbonyl (C=O) groups excluding carboxylic acids is 7. The Morgan fingerprint density at radius 1 is 0.796 bits per heavy atom. The van der Waals surface area contributed by atoms with Gasteiger partial charge in [0.15, 0.2) is 12.0 Å². The summed E-state index contributed by atoms with van der Waals surface area (Å²) in [6, 6.07) is -10.2. The second kappa shape index (κ2) is 22.8. The largest absolute Gasteiger partial charge is 0.480 e. The van der Waals surface area contributed by atoms with E-state index in [1.54, 1.807) is 13.8 Å². The number of carboxylic acids is 1. The first-order chi connectivity index (χ1) is 25.2. The molecule has 1 fully saturated rings. The van der Waals surface area contributed by atoms with E-state index in [0.29, 0.717) is 6.42 Å². The van der Waals surface area contributed by atoms with Crippen molar-refractivity contribution in [3.8, 4) is 0 Å². The fraction of sp³-hybridized carbons (Fsp3) is 0.710. The highest BCUT2D eigenvalue weighted by Crippen LogP contribution is 2.20. The number of guanidine groups is 1. The molecule has 0 aliphatic carbocycles. The maximum atomic E-state index is 13.7. The summed E-state index contributed by atoms with van der Waals surface area (Å²) < 4.78 is 0. The van der Waals surface area contributed by atoms with Crippen molar-refractivity contribution < 1.29 is 58.8 Å². The van der Waals surface area contributed by atoms with Gasteiger partial charge in [-0.15, -0.1) is 0 Å². The second-order valence-electron chi connectivity index (χ2n) is 13.2. The summed E-state index contributed by atoms with van der Waals surface area (Å²) >= 11 is 0. The maximum absolute atomic E-state index is 13.7. The highest BCUT2D eigenvalue weighted by Gasteiger charge is 2.40. The number of primary amides is 1. The van der Waals surface area contributed by atoms with Gasteiger partial charge in [0.25, 0.3) is 0 Å². The molecule has 1 aliphatic rings. The minimum atomic E-state index is -1.70. The van der Waals surface area contributed by atoms with Gasteiger partial charge in [-0.3, -0.25) is 38.6 Å². The molecule has 1 aliphatic heterocycles. The summed E-state index contributed by atoms with van der Waals surface area (Å²) in [6.07, 6.45) is -1.64. The Balaban J connectivity index is 3.20. The predicted molar refractivity (Wildman–Crippen MR) is 189 cm³/mol. The van der Waals surface area contributed by atoms with Crippen LogP contribution >= 0.6 is 0 Å². The lowest BCUT2D eigenvalue weighted by Gasteiger charge is -2.30. The van der Waals surface area contributed by atoms with E-state index in [-0.39, 0.29) is 50.7 Å². The van der Waals surface area contributed by atoms with Crippen LogP contribution in [-0.2, 0) is 38.4 Å². The van der Waals surface area contributed by atoms with Gasteiger partial charge in [0.05, 0.1) is 25.7 Å². The number of hydrogen-bond donors (Lipinski definition) is 13. The van der Waals surface area contributed by atoms with Crippen LogP contribution in [0.25, 0.3) is 0 Å². The monoisotopic (exact) mass is 773 g/mol. The number of aliphatic imine (C=N–C) groups is 1. The highest BCUT2D eigenvalue weighted by atomic mass is 16.4. The van der Waals surface area contributed by atoms with Crippen LogP contribution in [0, 0.1) is 5.92 Å². The molecule has 0 saturated carbocycles. The van der Waals surface area contributed by atoms with Gasteiger partial charge in [-0.2, -0.15) is 0 Å². The number of nitrogens with two attached hydrogens (primary N) is 4. The molecule has 0 bridgehead atoms. The van der Waals surface area contributed by atoms with Crippen molar-refractivity contribution in [1.29, 1.82) is 0 Å². The van der Waals surface area contributed by atoms with Crippen LogP contribution in [0.1, 0.15) is 59.3 Å². The summed E-state index contributed by atoms with van der Waals surface area (Å²) in [5.74, 6) is -8.46. The van der Waals surface area contributed by atoms with E-state index in [1.165, 1.54) is 0 Å². The molecule has 1 rings (SSSR count). The van der Waals surface area contributed by atoms with E-state index in [0.717, 1.165) is 11.8 Å². The Kier molecular flexibility index (Phi) is 19.8. The Labute approximate surface area is 311 Å². The van der Waals surface area contributed by atoms with Gasteiger partial charge in [0.2, 0.25) is 41.4 Å². The fourth-order valence-electron chi connectivity index (χ4n) is 5.39. The number of amides is 7. The average Bonchev–Trinajstić information content (AvgIpc) is 3.58. The summed E-state index contributed by atoms with van der Waals surface area (Å²) in [5.41, 5.74) is 21.4. The van der Waals surface area contributed by atoms with Crippen LogP contribution in [0.15, 0.2) is 4.99 Å². The van der Waals surface area contributed by atoms with Crippen molar-refractivity contribution in [2.75, 3.05) is 26.3 Å². The average molecular weight is 774 g/mol. The number of nitrogens with one attached hydrogen (secondary N) is 5. The molecule has 23 nitrogen and oxygen atoms in total. The number of carboxylic acid groups (broad SMARTS) is 1. The molecule has 0 aromatic rings. The highest BCUT2D eigenvalue weighted by molar-refractivity contribution is 5.98. The van der Waals surface area contributed by atoms with Crippen molar-refractivity contribution in [3.05, 3.63) is 0 Å². The van der Waals surface area contributed by atoms with Gasteiger partial charge in [-0.05, 0) is 44.9 Å². The third-order valence-corrected chi connectivity index (χ3v) is 8.17. The maximum Gasteiger partial charge on any atom is 0.328 e. The molecule has 0 aromatic carbocycles. The topological polar surface area (TPSA) is 397 Å². The molecule has 23 heteroatoms. The summed E-state index contributed by atoms with van der Waals surface area (Å²) in [6.45, 7) is 2.98. The number of rotatable bonds is 23. The van der Waals surface area contributed by atoms with Gasteiger partial charge in [-0.1, -0.05) is 13.8 Å². The molecule has 54 heavy (non-hydrogen) atoms. The molecule has 0 spiro atoms. The van der Waals surface area contributed by atoms with Gasteiger partial charge in [0.1, 0.15) is 36.3 Å². The fourth-order valence-corrected chi connectivity index (χ4v) is 5.39. The number of aliphatic carboxylic acids is 1. The normalized spacial score (nSPS) is 17.8. The molecule has 1 saturated heterocycles. The van der Waals surface area contributed by atoms with E-state index >= 15 is 0 Å². The lowest BCUT2D eigenvalue weighted by atomic mass is 10.0. The molecule has 306 valence electrons. The van der Waals surface area contributed by atoms with Gasteiger partial charge in [0, 0.05) is 13.1 Å². The number of carbonyl (C=O) groups is 8. The summed E-state index contributed by atoms with van der Waals surface area (Å²) in [7, 11) is 0. The smallest absolute Gasteiger partial charge is 0.328 e. The second-order valence-corrected chi connectivity index (χ2v) is 13.2. The van der Waals surface area contributed by atoms with Crippen molar-refractivity contribution in [3.63, 3.8) is 0 Å². The standard InChI is InChI=1S/C31H55N11O12/c1-14(2)10-18(39-27(50)19(11-22(33)46)38-24(47)16(32)12-43)26(49)40-20(13-44)29(52)42-9-5-7-21(42)28(51)37-17(6-4-8-36-31(34)35)25(48)41-23(15(3)45)30(53)54/h14-21,23,43-45H,4-13,32H2,1-3H3,(H2,33,46)(H,37,51)(H,38,47)(H,39,50)(H,40,49)(H,41,48)(H,53,54)(H4,34,35,36)/t15-,16+,17+,18+,19+,20+,21+,23+/m1/s1. The minimum absolute atomic E-state index is 0.00349. The molecule has 0 radical (unpaired) electrons. The SMILES string of the molecule is CC(C)C[C@H](NC(=O)[C@H](CC(N)=O)NC(=O)[C@@H](N)CO)C(=O)N[C@@H](CO)C(=O)N1CCC[C@H]1C(=O)N[C@@H](CCCN=C(N)N)C(=O)N[C@H](C(=O)O)[C@@H](C)O. The third-order valence-electron chi connectivity index (χ3n) is 8.17. The predicted octanol–water partition coefficient (Wildman–Crippen LogP) is -6.85. The Morgan fingerprint density at radius 3 is 1.89 bits per heavy atom. The molecular weight excluding hydrogens is 718 g/mol.